The number of nitrogens with one attached hydrogen (secondary N) is 2. The topological polar surface area (TPSA) is 41.1 Å². The van der Waals surface area contributed by atoms with Crippen molar-refractivity contribution in [3.8, 4) is 0 Å². The van der Waals surface area contributed by atoms with Crippen LogP contribution in [-0.2, 0) is 6.42 Å². The number of carbonyl (C=O) groups is 1. The van der Waals surface area contributed by atoms with E-state index in [1.165, 1.54) is 0 Å². The first-order valence-corrected chi connectivity index (χ1v) is 6.81. The van der Waals surface area contributed by atoms with E-state index >= 15 is 0 Å². The van der Waals surface area contributed by atoms with Crippen LogP contribution in [0.2, 0.25) is 0 Å². The van der Waals surface area contributed by atoms with Crippen LogP contribution in [0, 0.1) is 6.92 Å². The summed E-state index contributed by atoms with van der Waals surface area (Å²) in [7, 11) is 1.91. The van der Waals surface area contributed by atoms with Crippen LogP contribution >= 0.6 is 0 Å². The van der Waals surface area contributed by atoms with Gasteiger partial charge in [-0.15, -0.1) is 0 Å². The van der Waals surface area contributed by atoms with E-state index in [0.717, 1.165) is 35.3 Å². The van der Waals surface area contributed by atoms with Crippen LogP contribution in [0.5, 0.6) is 0 Å². The van der Waals surface area contributed by atoms with Gasteiger partial charge in [-0.05, 0) is 56.3 Å². The van der Waals surface area contributed by atoms with E-state index < -0.39 is 0 Å². The van der Waals surface area contributed by atoms with E-state index in [0.29, 0.717) is 0 Å². The lowest BCUT2D eigenvalue weighted by Gasteiger charge is -2.10. The van der Waals surface area contributed by atoms with Crippen molar-refractivity contribution >= 4 is 11.6 Å². The van der Waals surface area contributed by atoms with Gasteiger partial charge in [0.15, 0.2) is 0 Å². The van der Waals surface area contributed by atoms with E-state index in [1.54, 1.807) is 0 Å². The minimum absolute atomic E-state index is 0.0534. The molecule has 0 aliphatic heterocycles. The summed E-state index contributed by atoms with van der Waals surface area (Å²) in [5, 5.41) is 6.06. The normalized spacial score (nSPS) is 10.3. The van der Waals surface area contributed by atoms with Gasteiger partial charge in [-0.2, -0.15) is 0 Å². The smallest absolute Gasteiger partial charge is 0.255 e. The van der Waals surface area contributed by atoms with Crippen molar-refractivity contribution in [2.75, 3.05) is 18.9 Å². The van der Waals surface area contributed by atoms with Crippen molar-refractivity contribution in [3.63, 3.8) is 0 Å². The number of benzene rings is 2. The third kappa shape index (κ3) is 3.68. The fourth-order valence-electron chi connectivity index (χ4n) is 2.14. The molecule has 104 valence electrons. The second-order valence-corrected chi connectivity index (χ2v) is 4.83. The molecule has 20 heavy (non-hydrogen) atoms. The number of amides is 1. The Morgan fingerprint density at radius 3 is 2.65 bits per heavy atom. The lowest BCUT2D eigenvalue weighted by Crippen LogP contribution is -2.17. The summed E-state index contributed by atoms with van der Waals surface area (Å²) in [5.41, 5.74) is 3.76. The molecular weight excluding hydrogens is 248 g/mol. The molecule has 2 aromatic carbocycles. The van der Waals surface area contributed by atoms with Crippen LogP contribution in [0.15, 0.2) is 48.5 Å². The Bertz CT molecular complexity index is 593. The summed E-state index contributed by atoms with van der Waals surface area (Å²) in [6, 6.07) is 15.6. The van der Waals surface area contributed by atoms with Crippen LogP contribution in [0.1, 0.15) is 21.5 Å². The maximum Gasteiger partial charge on any atom is 0.255 e. The Kier molecular flexibility index (Phi) is 4.91. The van der Waals surface area contributed by atoms with Gasteiger partial charge in [-0.25, -0.2) is 0 Å². The van der Waals surface area contributed by atoms with Gasteiger partial charge in [-0.1, -0.05) is 30.3 Å². The minimum Gasteiger partial charge on any atom is -0.322 e. The quantitative estimate of drug-likeness (QED) is 0.875. The van der Waals surface area contributed by atoms with E-state index in [-0.39, 0.29) is 5.91 Å². The Labute approximate surface area is 120 Å². The highest BCUT2D eigenvalue weighted by molar-refractivity contribution is 6.05. The largest absolute Gasteiger partial charge is 0.322 e. The number of rotatable bonds is 5. The number of hydrogen-bond acceptors (Lipinski definition) is 2. The molecule has 0 radical (unpaired) electrons. The molecule has 2 rings (SSSR count). The van der Waals surface area contributed by atoms with Gasteiger partial charge in [0.1, 0.15) is 0 Å². The summed E-state index contributed by atoms with van der Waals surface area (Å²) in [4.78, 5) is 12.4. The van der Waals surface area contributed by atoms with Gasteiger partial charge in [0.2, 0.25) is 0 Å². The summed E-state index contributed by atoms with van der Waals surface area (Å²) in [5.74, 6) is -0.0534. The molecule has 0 atom stereocenters. The van der Waals surface area contributed by atoms with Gasteiger partial charge in [-0.3, -0.25) is 4.79 Å². The average Bonchev–Trinajstić information content (AvgIpc) is 2.45. The fraction of sp³-hybridized carbons (Fsp3) is 0.235. The molecule has 0 aliphatic carbocycles. The SMILES string of the molecule is CNCCc1ccccc1C(=O)Nc1cccc(C)c1. The predicted molar refractivity (Wildman–Crippen MR) is 83.2 cm³/mol. The van der Waals surface area contributed by atoms with E-state index in [9.17, 15) is 4.79 Å². The Balaban J connectivity index is 2.16. The molecule has 2 N–H and O–H groups in total. The van der Waals surface area contributed by atoms with Gasteiger partial charge in [0.05, 0.1) is 0 Å². The number of anilines is 1. The minimum atomic E-state index is -0.0534. The van der Waals surface area contributed by atoms with Crippen molar-refractivity contribution in [3.05, 3.63) is 65.2 Å². The second kappa shape index (κ2) is 6.87. The zero-order valence-electron chi connectivity index (χ0n) is 11.9. The van der Waals surface area contributed by atoms with Crippen molar-refractivity contribution in [2.24, 2.45) is 0 Å². The molecule has 0 heterocycles. The Morgan fingerprint density at radius 2 is 1.90 bits per heavy atom. The van der Waals surface area contributed by atoms with Gasteiger partial charge in [0.25, 0.3) is 5.91 Å². The molecule has 0 aliphatic rings. The maximum atomic E-state index is 12.4. The highest BCUT2D eigenvalue weighted by atomic mass is 16.1. The summed E-state index contributed by atoms with van der Waals surface area (Å²) in [6.45, 7) is 2.87. The van der Waals surface area contributed by atoms with Crippen molar-refractivity contribution in [2.45, 2.75) is 13.3 Å². The lowest BCUT2D eigenvalue weighted by molar-refractivity contribution is 0.102. The number of aryl methyl sites for hydroxylation is 1. The van der Waals surface area contributed by atoms with Crippen molar-refractivity contribution in [1.29, 1.82) is 0 Å². The van der Waals surface area contributed by atoms with Crippen LogP contribution in [0.3, 0.4) is 0 Å². The first-order valence-electron chi connectivity index (χ1n) is 6.81. The maximum absolute atomic E-state index is 12.4. The molecule has 1 amide bonds. The number of likely N-dealkylation sites (N-methyl/N-ethyl adjacent to an activating group) is 1. The lowest BCUT2D eigenvalue weighted by atomic mass is 10.0. The zero-order chi connectivity index (χ0) is 14.4. The molecule has 0 spiro atoms. The molecule has 0 bridgehead atoms. The molecule has 3 heteroatoms. The van der Waals surface area contributed by atoms with Crippen LogP contribution < -0.4 is 10.6 Å². The van der Waals surface area contributed by atoms with Crippen LogP contribution in [-0.4, -0.2) is 19.5 Å². The molecule has 0 unspecified atom stereocenters. The average molecular weight is 268 g/mol. The van der Waals surface area contributed by atoms with E-state index in [4.69, 9.17) is 0 Å². The zero-order valence-corrected chi connectivity index (χ0v) is 11.9. The molecule has 0 saturated heterocycles. The standard InChI is InChI=1S/C17H20N2O/c1-13-6-5-8-15(12-13)19-17(20)16-9-4-3-7-14(16)10-11-18-2/h3-9,12,18H,10-11H2,1-2H3,(H,19,20). The van der Waals surface area contributed by atoms with Crippen molar-refractivity contribution in [1.82, 2.24) is 5.32 Å². The predicted octanol–water partition coefficient (Wildman–Crippen LogP) is 3.01. The highest BCUT2D eigenvalue weighted by Gasteiger charge is 2.10. The third-order valence-electron chi connectivity index (χ3n) is 3.18. The summed E-state index contributed by atoms with van der Waals surface area (Å²) >= 11 is 0. The first-order chi connectivity index (χ1) is 9.70. The number of hydrogen-bond donors (Lipinski definition) is 2. The molecule has 2 aromatic rings. The highest BCUT2D eigenvalue weighted by Crippen LogP contribution is 2.14. The molecule has 0 aromatic heterocycles. The summed E-state index contributed by atoms with van der Waals surface area (Å²) < 4.78 is 0. The van der Waals surface area contributed by atoms with E-state index in [2.05, 4.69) is 10.6 Å². The third-order valence-corrected chi connectivity index (χ3v) is 3.18. The van der Waals surface area contributed by atoms with Crippen LogP contribution in [0.4, 0.5) is 5.69 Å². The molecule has 0 fully saturated rings. The van der Waals surface area contributed by atoms with Crippen molar-refractivity contribution < 1.29 is 4.79 Å². The van der Waals surface area contributed by atoms with Gasteiger partial charge in [0, 0.05) is 11.3 Å². The number of carbonyl (C=O) groups excluding carboxylic acids is 1. The van der Waals surface area contributed by atoms with E-state index in [1.807, 2.05) is 62.5 Å². The molecule has 3 nitrogen and oxygen atoms in total. The van der Waals surface area contributed by atoms with Crippen LogP contribution in [0.25, 0.3) is 0 Å². The monoisotopic (exact) mass is 268 g/mol. The fourth-order valence-corrected chi connectivity index (χ4v) is 2.14. The Hall–Kier alpha value is -2.13. The molecular formula is C17H20N2O. The molecule has 0 saturated carbocycles. The Morgan fingerprint density at radius 1 is 1.10 bits per heavy atom. The first kappa shape index (κ1) is 14.3. The second-order valence-electron chi connectivity index (χ2n) is 4.83. The summed E-state index contributed by atoms with van der Waals surface area (Å²) in [6.07, 6.45) is 0.841. The van der Waals surface area contributed by atoms with Gasteiger partial charge >= 0.3 is 0 Å². The van der Waals surface area contributed by atoms with Gasteiger partial charge < -0.3 is 10.6 Å².